The standard InChI is InChI=1S/C23H16ClN5O3/c24-20-18(2-1-10-25-20)26-22(30)15-5-3-14(4-6-15)13-29-11-9-16-12-17(7-8-19(16)29)21-27-23(31)32-28-21/h1-12H,13H2,(H,26,30)(H,27,28,31). The molecule has 1 amide bonds. The minimum atomic E-state index is -0.585. The van der Waals surface area contributed by atoms with Gasteiger partial charge in [0.25, 0.3) is 5.91 Å². The van der Waals surface area contributed by atoms with E-state index >= 15 is 0 Å². The number of aromatic amines is 1. The van der Waals surface area contributed by atoms with E-state index in [0.29, 0.717) is 23.6 Å². The van der Waals surface area contributed by atoms with Crippen molar-refractivity contribution in [1.29, 1.82) is 0 Å². The molecule has 0 aliphatic carbocycles. The summed E-state index contributed by atoms with van der Waals surface area (Å²) in [6, 6.07) is 18.6. The van der Waals surface area contributed by atoms with Crippen LogP contribution in [-0.4, -0.2) is 25.6 Å². The summed E-state index contributed by atoms with van der Waals surface area (Å²) >= 11 is 6.00. The molecule has 5 rings (SSSR count). The number of nitrogens with zero attached hydrogens (tertiary/aromatic N) is 3. The molecule has 0 radical (unpaired) electrons. The summed E-state index contributed by atoms with van der Waals surface area (Å²) in [4.78, 5) is 30.2. The lowest BCUT2D eigenvalue weighted by Crippen LogP contribution is -2.12. The Hall–Kier alpha value is -4.17. The third-order valence-electron chi connectivity index (χ3n) is 5.06. The van der Waals surface area contributed by atoms with Crippen molar-refractivity contribution in [2.75, 3.05) is 5.32 Å². The zero-order chi connectivity index (χ0) is 22.1. The molecule has 9 heteroatoms. The van der Waals surface area contributed by atoms with Crippen LogP contribution in [0.4, 0.5) is 5.69 Å². The van der Waals surface area contributed by atoms with Gasteiger partial charge in [0.15, 0.2) is 11.0 Å². The largest absolute Gasteiger partial charge is 0.439 e. The Morgan fingerprint density at radius 1 is 1.12 bits per heavy atom. The van der Waals surface area contributed by atoms with Crippen LogP contribution >= 0.6 is 11.6 Å². The quantitative estimate of drug-likeness (QED) is 0.391. The van der Waals surface area contributed by atoms with Crippen molar-refractivity contribution < 1.29 is 9.32 Å². The van der Waals surface area contributed by atoms with Gasteiger partial charge in [-0.1, -0.05) is 28.9 Å². The third-order valence-corrected chi connectivity index (χ3v) is 5.36. The summed E-state index contributed by atoms with van der Waals surface area (Å²) in [6.45, 7) is 0.639. The number of carbonyl (C=O) groups is 1. The lowest BCUT2D eigenvalue weighted by molar-refractivity contribution is 0.102. The van der Waals surface area contributed by atoms with Gasteiger partial charge in [0, 0.05) is 41.0 Å². The molecule has 3 aromatic heterocycles. The van der Waals surface area contributed by atoms with Crippen LogP contribution < -0.4 is 11.1 Å². The van der Waals surface area contributed by atoms with E-state index in [1.165, 1.54) is 0 Å². The average molecular weight is 446 g/mol. The number of pyridine rings is 1. The van der Waals surface area contributed by atoms with Gasteiger partial charge in [-0.3, -0.25) is 14.3 Å². The molecule has 32 heavy (non-hydrogen) atoms. The van der Waals surface area contributed by atoms with Gasteiger partial charge in [0.1, 0.15) is 0 Å². The molecule has 5 aromatic rings. The first-order chi connectivity index (χ1) is 15.6. The molecule has 0 aliphatic heterocycles. The molecule has 0 atom stereocenters. The topological polar surface area (TPSA) is 106 Å². The first-order valence-electron chi connectivity index (χ1n) is 9.73. The maximum Gasteiger partial charge on any atom is 0.439 e. The highest BCUT2D eigenvalue weighted by molar-refractivity contribution is 6.32. The summed E-state index contributed by atoms with van der Waals surface area (Å²) in [5.41, 5.74) is 3.84. The smallest absolute Gasteiger partial charge is 0.343 e. The van der Waals surface area contributed by atoms with Crippen molar-refractivity contribution in [2.24, 2.45) is 0 Å². The monoisotopic (exact) mass is 445 g/mol. The molecular formula is C23H16ClN5O3. The van der Waals surface area contributed by atoms with Gasteiger partial charge in [0.2, 0.25) is 0 Å². The Morgan fingerprint density at radius 3 is 2.72 bits per heavy atom. The fourth-order valence-electron chi connectivity index (χ4n) is 3.47. The van der Waals surface area contributed by atoms with Crippen molar-refractivity contribution in [3.8, 4) is 11.4 Å². The highest BCUT2D eigenvalue weighted by atomic mass is 35.5. The van der Waals surface area contributed by atoms with E-state index in [1.807, 2.05) is 42.6 Å². The number of amides is 1. The molecule has 8 nitrogen and oxygen atoms in total. The lowest BCUT2D eigenvalue weighted by Gasteiger charge is -2.09. The van der Waals surface area contributed by atoms with Crippen molar-refractivity contribution in [1.82, 2.24) is 19.7 Å². The van der Waals surface area contributed by atoms with Gasteiger partial charge in [-0.15, -0.1) is 0 Å². The Morgan fingerprint density at radius 2 is 1.97 bits per heavy atom. The second-order valence-corrected chi connectivity index (χ2v) is 7.51. The molecule has 2 N–H and O–H groups in total. The first kappa shape index (κ1) is 19.8. The zero-order valence-electron chi connectivity index (χ0n) is 16.6. The lowest BCUT2D eigenvalue weighted by atomic mass is 10.1. The molecule has 0 bridgehead atoms. The second kappa shape index (κ2) is 8.16. The number of aromatic nitrogens is 4. The second-order valence-electron chi connectivity index (χ2n) is 7.15. The van der Waals surface area contributed by atoms with E-state index < -0.39 is 5.76 Å². The first-order valence-corrected chi connectivity index (χ1v) is 10.1. The Bertz CT molecular complexity index is 1480. The maximum absolute atomic E-state index is 12.5. The number of rotatable bonds is 5. The van der Waals surface area contributed by atoms with E-state index in [9.17, 15) is 9.59 Å². The molecule has 0 unspecified atom stereocenters. The molecule has 2 aromatic carbocycles. The number of nitrogens with one attached hydrogen (secondary N) is 2. The van der Waals surface area contributed by atoms with Gasteiger partial charge in [-0.05, 0) is 54.1 Å². The van der Waals surface area contributed by atoms with Gasteiger partial charge >= 0.3 is 5.76 Å². The summed E-state index contributed by atoms with van der Waals surface area (Å²) in [7, 11) is 0. The van der Waals surface area contributed by atoms with Crippen LogP contribution in [0, 0.1) is 0 Å². The Labute approximate surface area is 186 Å². The number of hydrogen-bond donors (Lipinski definition) is 2. The third kappa shape index (κ3) is 3.91. The van der Waals surface area contributed by atoms with E-state index in [1.54, 1.807) is 30.5 Å². The van der Waals surface area contributed by atoms with E-state index in [2.05, 4.69) is 29.5 Å². The number of carbonyl (C=O) groups excluding carboxylic acids is 1. The molecule has 158 valence electrons. The van der Waals surface area contributed by atoms with Crippen LogP contribution in [0.3, 0.4) is 0 Å². The SMILES string of the molecule is O=C(Nc1cccnc1Cl)c1ccc(Cn2ccc3cc(-c4noc(=O)[nH]4)ccc32)cc1. The van der Waals surface area contributed by atoms with Gasteiger partial charge < -0.3 is 9.88 Å². The molecule has 0 spiro atoms. The van der Waals surface area contributed by atoms with E-state index in [4.69, 9.17) is 11.6 Å². The molecular weight excluding hydrogens is 430 g/mol. The minimum Gasteiger partial charge on any atom is -0.343 e. The molecule has 0 saturated heterocycles. The van der Waals surface area contributed by atoms with E-state index in [0.717, 1.165) is 22.0 Å². The van der Waals surface area contributed by atoms with Crippen LogP contribution in [0.25, 0.3) is 22.3 Å². The van der Waals surface area contributed by atoms with Crippen molar-refractivity contribution >= 4 is 34.1 Å². The van der Waals surface area contributed by atoms with Crippen molar-refractivity contribution in [2.45, 2.75) is 6.54 Å². The average Bonchev–Trinajstić information content (AvgIpc) is 3.42. The number of halogens is 1. The van der Waals surface area contributed by atoms with E-state index in [-0.39, 0.29) is 11.1 Å². The number of hydrogen-bond acceptors (Lipinski definition) is 5. The van der Waals surface area contributed by atoms with Gasteiger partial charge in [-0.2, -0.15) is 0 Å². The summed E-state index contributed by atoms with van der Waals surface area (Å²) in [5, 5.41) is 7.75. The van der Waals surface area contributed by atoms with Crippen molar-refractivity contribution in [3.63, 3.8) is 0 Å². The van der Waals surface area contributed by atoms with Crippen LogP contribution in [0.2, 0.25) is 5.15 Å². The molecule has 3 heterocycles. The number of anilines is 1. The predicted octanol–water partition coefficient (Wildman–Crippen LogP) is 4.33. The summed E-state index contributed by atoms with van der Waals surface area (Å²) in [6.07, 6.45) is 3.55. The van der Waals surface area contributed by atoms with Gasteiger partial charge in [0.05, 0.1) is 5.69 Å². The van der Waals surface area contributed by atoms with Crippen molar-refractivity contribution in [3.05, 3.63) is 99.9 Å². The fraction of sp³-hybridized carbons (Fsp3) is 0.0435. The summed E-state index contributed by atoms with van der Waals surface area (Å²) < 4.78 is 6.68. The normalized spacial score (nSPS) is 11.0. The zero-order valence-corrected chi connectivity index (χ0v) is 17.3. The fourth-order valence-corrected chi connectivity index (χ4v) is 3.64. The van der Waals surface area contributed by atoms with Crippen LogP contribution in [-0.2, 0) is 6.54 Å². The number of fused-ring (bicyclic) bond motifs is 1. The van der Waals surface area contributed by atoms with Crippen LogP contribution in [0.1, 0.15) is 15.9 Å². The number of benzene rings is 2. The van der Waals surface area contributed by atoms with Gasteiger partial charge in [-0.25, -0.2) is 9.78 Å². The van der Waals surface area contributed by atoms with Crippen LogP contribution in [0.5, 0.6) is 0 Å². The predicted molar refractivity (Wildman–Crippen MR) is 121 cm³/mol. The van der Waals surface area contributed by atoms with Crippen LogP contribution in [0.15, 0.2) is 82.4 Å². The highest BCUT2D eigenvalue weighted by Crippen LogP contribution is 2.24. The Balaban J connectivity index is 1.32. The molecule has 0 fully saturated rings. The molecule has 0 saturated carbocycles. The minimum absolute atomic E-state index is 0.245. The highest BCUT2D eigenvalue weighted by Gasteiger charge is 2.10. The number of H-pyrrole nitrogens is 1. The maximum atomic E-state index is 12.5. The molecule has 0 aliphatic rings. The Kier molecular flexibility index (Phi) is 5.04. The summed E-state index contributed by atoms with van der Waals surface area (Å²) in [5.74, 6) is -0.444.